The first-order valence-electron chi connectivity index (χ1n) is 4.94. The minimum Gasteiger partial charge on any atom is -0.390 e. The van der Waals surface area contributed by atoms with Crippen LogP contribution in [0.5, 0.6) is 0 Å². The standard InChI is InChI=1S/C10H16N2O/c1-12-6-9(10(7-13)11-12)8-4-2-3-5-8/h6,8,13H,2-5,7H2,1H3. The molecule has 0 radical (unpaired) electrons. The average Bonchev–Trinajstić information content (AvgIpc) is 2.71. The second kappa shape index (κ2) is 3.50. The molecular weight excluding hydrogens is 164 g/mol. The highest BCUT2D eigenvalue weighted by Gasteiger charge is 2.21. The quantitative estimate of drug-likeness (QED) is 0.750. The highest BCUT2D eigenvalue weighted by molar-refractivity contribution is 5.22. The van der Waals surface area contributed by atoms with Crippen molar-refractivity contribution in [2.24, 2.45) is 7.05 Å². The van der Waals surface area contributed by atoms with Crippen molar-refractivity contribution in [1.29, 1.82) is 0 Å². The van der Waals surface area contributed by atoms with E-state index in [4.69, 9.17) is 5.11 Å². The first kappa shape index (κ1) is 8.75. The molecule has 0 saturated heterocycles. The Morgan fingerprint density at radius 1 is 1.54 bits per heavy atom. The highest BCUT2D eigenvalue weighted by Crippen LogP contribution is 2.35. The van der Waals surface area contributed by atoms with Gasteiger partial charge in [0, 0.05) is 13.2 Å². The van der Waals surface area contributed by atoms with Crippen molar-refractivity contribution in [2.45, 2.75) is 38.2 Å². The van der Waals surface area contributed by atoms with Crippen molar-refractivity contribution in [3.63, 3.8) is 0 Å². The normalized spacial score (nSPS) is 18.3. The van der Waals surface area contributed by atoms with Gasteiger partial charge in [-0.3, -0.25) is 4.68 Å². The molecule has 1 N–H and O–H groups in total. The Bertz CT molecular complexity index is 287. The Morgan fingerprint density at radius 2 is 2.23 bits per heavy atom. The fourth-order valence-electron chi connectivity index (χ4n) is 2.25. The van der Waals surface area contributed by atoms with Crippen LogP contribution in [-0.2, 0) is 13.7 Å². The van der Waals surface area contributed by atoms with Crippen molar-refractivity contribution < 1.29 is 5.11 Å². The summed E-state index contributed by atoms with van der Waals surface area (Å²) in [6.45, 7) is 0.0761. The van der Waals surface area contributed by atoms with Crippen LogP contribution in [0, 0.1) is 0 Å². The lowest BCUT2D eigenvalue weighted by Gasteiger charge is -2.06. The van der Waals surface area contributed by atoms with Crippen LogP contribution in [0.25, 0.3) is 0 Å². The van der Waals surface area contributed by atoms with Gasteiger partial charge in [-0.05, 0) is 24.3 Å². The number of aliphatic hydroxyl groups excluding tert-OH is 1. The van der Waals surface area contributed by atoms with E-state index in [1.807, 2.05) is 7.05 Å². The molecule has 1 aromatic rings. The van der Waals surface area contributed by atoms with Gasteiger partial charge in [-0.1, -0.05) is 12.8 Å². The van der Waals surface area contributed by atoms with E-state index in [1.165, 1.54) is 31.2 Å². The number of nitrogens with zero attached hydrogens (tertiary/aromatic N) is 2. The summed E-state index contributed by atoms with van der Waals surface area (Å²) in [6, 6.07) is 0. The lowest BCUT2D eigenvalue weighted by Crippen LogP contribution is -1.96. The van der Waals surface area contributed by atoms with Crippen molar-refractivity contribution in [1.82, 2.24) is 9.78 Å². The molecule has 1 aliphatic rings. The molecule has 13 heavy (non-hydrogen) atoms. The number of rotatable bonds is 2. The Labute approximate surface area is 78.4 Å². The topological polar surface area (TPSA) is 38.0 Å². The molecule has 0 aromatic carbocycles. The summed E-state index contributed by atoms with van der Waals surface area (Å²) >= 11 is 0. The van der Waals surface area contributed by atoms with E-state index in [0.29, 0.717) is 5.92 Å². The van der Waals surface area contributed by atoms with Crippen LogP contribution in [0.1, 0.15) is 42.9 Å². The van der Waals surface area contributed by atoms with E-state index >= 15 is 0 Å². The van der Waals surface area contributed by atoms with Gasteiger partial charge in [-0.2, -0.15) is 5.10 Å². The zero-order valence-corrected chi connectivity index (χ0v) is 8.03. The maximum atomic E-state index is 9.12. The predicted molar refractivity (Wildman–Crippen MR) is 50.3 cm³/mol. The molecule has 3 nitrogen and oxygen atoms in total. The Hall–Kier alpha value is -0.830. The van der Waals surface area contributed by atoms with E-state index in [-0.39, 0.29) is 6.61 Å². The molecule has 1 aliphatic carbocycles. The third kappa shape index (κ3) is 1.61. The molecular formula is C10H16N2O. The average molecular weight is 180 g/mol. The zero-order valence-electron chi connectivity index (χ0n) is 8.03. The van der Waals surface area contributed by atoms with Gasteiger partial charge < -0.3 is 5.11 Å². The minimum atomic E-state index is 0.0761. The van der Waals surface area contributed by atoms with Crippen molar-refractivity contribution in [3.8, 4) is 0 Å². The van der Waals surface area contributed by atoms with Gasteiger partial charge in [0.05, 0.1) is 12.3 Å². The molecule has 0 amide bonds. The Balaban J connectivity index is 2.26. The molecule has 3 heteroatoms. The van der Waals surface area contributed by atoms with Crippen LogP contribution in [0.15, 0.2) is 6.20 Å². The fraction of sp³-hybridized carbons (Fsp3) is 0.700. The predicted octanol–water partition coefficient (Wildman–Crippen LogP) is 1.57. The van der Waals surface area contributed by atoms with Gasteiger partial charge in [0.15, 0.2) is 0 Å². The molecule has 1 heterocycles. The molecule has 0 aliphatic heterocycles. The fourth-order valence-corrected chi connectivity index (χ4v) is 2.25. The summed E-state index contributed by atoms with van der Waals surface area (Å²) in [5.74, 6) is 0.649. The molecule has 0 atom stereocenters. The Morgan fingerprint density at radius 3 is 2.85 bits per heavy atom. The Kier molecular flexibility index (Phi) is 2.36. The number of aliphatic hydroxyl groups is 1. The third-order valence-corrected chi connectivity index (χ3v) is 2.88. The van der Waals surface area contributed by atoms with Gasteiger partial charge in [0.25, 0.3) is 0 Å². The number of hydrogen-bond acceptors (Lipinski definition) is 2. The van der Waals surface area contributed by atoms with Gasteiger partial charge in [0.1, 0.15) is 0 Å². The third-order valence-electron chi connectivity index (χ3n) is 2.88. The molecule has 1 fully saturated rings. The second-order valence-corrected chi connectivity index (χ2v) is 3.84. The minimum absolute atomic E-state index is 0.0761. The summed E-state index contributed by atoms with van der Waals surface area (Å²) in [4.78, 5) is 0. The van der Waals surface area contributed by atoms with Gasteiger partial charge in [0.2, 0.25) is 0 Å². The summed E-state index contributed by atoms with van der Waals surface area (Å²) in [5.41, 5.74) is 2.14. The molecule has 0 spiro atoms. The maximum absolute atomic E-state index is 9.12. The van der Waals surface area contributed by atoms with Crippen LogP contribution < -0.4 is 0 Å². The smallest absolute Gasteiger partial charge is 0.0913 e. The first-order chi connectivity index (χ1) is 6.31. The van der Waals surface area contributed by atoms with E-state index < -0.39 is 0 Å². The summed E-state index contributed by atoms with van der Waals surface area (Å²) < 4.78 is 1.80. The van der Waals surface area contributed by atoms with Crippen LogP contribution in [0.4, 0.5) is 0 Å². The lowest BCUT2D eigenvalue weighted by atomic mass is 9.98. The number of hydrogen-bond donors (Lipinski definition) is 1. The molecule has 0 unspecified atom stereocenters. The van der Waals surface area contributed by atoms with Crippen LogP contribution >= 0.6 is 0 Å². The van der Waals surface area contributed by atoms with Gasteiger partial charge in [-0.25, -0.2) is 0 Å². The largest absolute Gasteiger partial charge is 0.390 e. The summed E-state index contributed by atoms with van der Waals surface area (Å²) in [5, 5.41) is 13.4. The van der Waals surface area contributed by atoms with Crippen LogP contribution in [0.2, 0.25) is 0 Å². The zero-order chi connectivity index (χ0) is 9.26. The lowest BCUT2D eigenvalue weighted by molar-refractivity contribution is 0.274. The highest BCUT2D eigenvalue weighted by atomic mass is 16.3. The summed E-state index contributed by atoms with van der Waals surface area (Å²) in [6.07, 6.45) is 7.23. The van der Waals surface area contributed by atoms with Crippen molar-refractivity contribution >= 4 is 0 Å². The SMILES string of the molecule is Cn1cc(C2CCCC2)c(CO)n1. The number of aryl methyl sites for hydroxylation is 1. The maximum Gasteiger partial charge on any atom is 0.0913 e. The van der Waals surface area contributed by atoms with Crippen LogP contribution in [-0.4, -0.2) is 14.9 Å². The molecule has 1 saturated carbocycles. The number of aromatic nitrogens is 2. The van der Waals surface area contributed by atoms with E-state index in [0.717, 1.165) is 5.69 Å². The van der Waals surface area contributed by atoms with Crippen LogP contribution in [0.3, 0.4) is 0 Å². The van der Waals surface area contributed by atoms with E-state index in [9.17, 15) is 0 Å². The second-order valence-electron chi connectivity index (χ2n) is 3.84. The van der Waals surface area contributed by atoms with Crippen molar-refractivity contribution in [2.75, 3.05) is 0 Å². The molecule has 2 rings (SSSR count). The van der Waals surface area contributed by atoms with E-state index in [2.05, 4.69) is 11.3 Å². The monoisotopic (exact) mass is 180 g/mol. The molecule has 72 valence electrons. The molecule has 0 bridgehead atoms. The van der Waals surface area contributed by atoms with Gasteiger partial charge in [-0.15, -0.1) is 0 Å². The first-order valence-corrected chi connectivity index (χ1v) is 4.94. The van der Waals surface area contributed by atoms with E-state index in [1.54, 1.807) is 4.68 Å². The molecule has 1 aromatic heterocycles. The van der Waals surface area contributed by atoms with Crippen molar-refractivity contribution in [3.05, 3.63) is 17.5 Å². The van der Waals surface area contributed by atoms with Gasteiger partial charge >= 0.3 is 0 Å². The summed E-state index contributed by atoms with van der Waals surface area (Å²) in [7, 11) is 1.91.